The summed E-state index contributed by atoms with van der Waals surface area (Å²) in [7, 11) is 4.78. The summed E-state index contributed by atoms with van der Waals surface area (Å²) >= 11 is 0. The van der Waals surface area contributed by atoms with Gasteiger partial charge in [-0.1, -0.05) is 26.0 Å². The standard InChI is InChI=1S/C20H27N3O3.HI/c1-13(2)14-7-6-8-16(9-14)23-20(21)22-12-15-10-18(25-4)19(26-5)11-17(15)24-3;/h6-11,13H,12H2,1-5H3,(H3,21,22,23);1H. The van der Waals surface area contributed by atoms with E-state index in [2.05, 4.69) is 36.3 Å². The lowest BCUT2D eigenvalue weighted by Crippen LogP contribution is -2.22. The van der Waals surface area contributed by atoms with Gasteiger partial charge in [-0.15, -0.1) is 24.0 Å². The molecule has 0 saturated carbocycles. The molecular weight excluding hydrogens is 457 g/mol. The molecule has 0 radical (unpaired) electrons. The van der Waals surface area contributed by atoms with E-state index in [1.807, 2.05) is 18.2 Å². The minimum atomic E-state index is 0. The number of nitrogens with two attached hydrogens (primary N) is 1. The summed E-state index contributed by atoms with van der Waals surface area (Å²) in [5, 5.41) is 3.13. The maximum atomic E-state index is 6.04. The number of nitrogens with zero attached hydrogens (tertiary/aromatic N) is 1. The zero-order chi connectivity index (χ0) is 19.1. The summed E-state index contributed by atoms with van der Waals surface area (Å²) in [5.41, 5.74) is 9.05. The van der Waals surface area contributed by atoms with Gasteiger partial charge in [0.2, 0.25) is 0 Å². The maximum Gasteiger partial charge on any atom is 0.193 e. The van der Waals surface area contributed by atoms with Crippen LogP contribution in [-0.2, 0) is 6.54 Å². The quantitative estimate of drug-likeness (QED) is 0.346. The Balaban J connectivity index is 0.00000364. The molecule has 0 unspecified atom stereocenters. The minimum Gasteiger partial charge on any atom is -0.496 e. The van der Waals surface area contributed by atoms with Gasteiger partial charge in [0.1, 0.15) is 5.75 Å². The third-order valence-electron chi connectivity index (χ3n) is 4.03. The van der Waals surface area contributed by atoms with Crippen LogP contribution in [-0.4, -0.2) is 27.3 Å². The molecule has 0 aromatic heterocycles. The molecule has 0 fully saturated rings. The number of rotatable bonds is 7. The van der Waals surface area contributed by atoms with Gasteiger partial charge < -0.3 is 25.3 Å². The molecule has 0 amide bonds. The molecule has 2 aromatic carbocycles. The van der Waals surface area contributed by atoms with E-state index in [1.54, 1.807) is 27.4 Å². The molecule has 2 aromatic rings. The van der Waals surface area contributed by atoms with Crippen molar-refractivity contribution >= 4 is 35.6 Å². The zero-order valence-corrected chi connectivity index (χ0v) is 18.7. The maximum absolute atomic E-state index is 6.04. The Morgan fingerprint density at radius 1 is 1.00 bits per heavy atom. The predicted molar refractivity (Wildman–Crippen MR) is 121 cm³/mol. The van der Waals surface area contributed by atoms with E-state index >= 15 is 0 Å². The molecule has 0 aliphatic heterocycles. The number of methoxy groups -OCH3 is 3. The van der Waals surface area contributed by atoms with Crippen LogP contribution in [0.25, 0.3) is 0 Å². The first kappa shape index (κ1) is 22.9. The average molecular weight is 485 g/mol. The van der Waals surface area contributed by atoms with Crippen molar-refractivity contribution < 1.29 is 14.2 Å². The number of guanidine groups is 1. The molecular formula is C20H28IN3O3. The first-order valence-corrected chi connectivity index (χ1v) is 8.44. The lowest BCUT2D eigenvalue weighted by atomic mass is 10.0. The molecule has 2 rings (SSSR count). The van der Waals surface area contributed by atoms with Gasteiger partial charge in [0.25, 0.3) is 0 Å². The van der Waals surface area contributed by atoms with E-state index in [0.717, 1.165) is 11.3 Å². The average Bonchev–Trinajstić information content (AvgIpc) is 2.65. The highest BCUT2D eigenvalue weighted by Gasteiger charge is 2.11. The monoisotopic (exact) mass is 485 g/mol. The van der Waals surface area contributed by atoms with Crippen molar-refractivity contribution in [1.82, 2.24) is 0 Å². The fourth-order valence-corrected chi connectivity index (χ4v) is 2.55. The topological polar surface area (TPSA) is 78.1 Å². The molecule has 0 atom stereocenters. The third-order valence-corrected chi connectivity index (χ3v) is 4.03. The molecule has 0 aliphatic rings. The molecule has 0 spiro atoms. The SMILES string of the molecule is COc1cc(OC)c(OC)cc1CN=C(N)Nc1cccc(C(C)C)c1.I. The minimum absolute atomic E-state index is 0. The second-order valence-corrected chi connectivity index (χ2v) is 6.13. The highest BCUT2D eigenvalue weighted by molar-refractivity contribution is 14.0. The Hall–Kier alpha value is -2.16. The second-order valence-electron chi connectivity index (χ2n) is 6.13. The van der Waals surface area contributed by atoms with Crippen LogP contribution in [0.5, 0.6) is 17.2 Å². The van der Waals surface area contributed by atoms with Crippen molar-refractivity contribution in [2.45, 2.75) is 26.3 Å². The zero-order valence-electron chi connectivity index (χ0n) is 16.4. The van der Waals surface area contributed by atoms with Crippen molar-refractivity contribution in [3.8, 4) is 17.2 Å². The van der Waals surface area contributed by atoms with E-state index in [1.165, 1.54) is 5.56 Å². The van der Waals surface area contributed by atoms with Gasteiger partial charge in [-0.25, -0.2) is 4.99 Å². The fourth-order valence-electron chi connectivity index (χ4n) is 2.55. The number of nitrogens with one attached hydrogen (secondary N) is 1. The normalized spacial score (nSPS) is 11.0. The number of halogens is 1. The first-order valence-electron chi connectivity index (χ1n) is 8.44. The van der Waals surface area contributed by atoms with Crippen LogP contribution in [0.4, 0.5) is 5.69 Å². The molecule has 3 N–H and O–H groups in total. The molecule has 0 aliphatic carbocycles. The van der Waals surface area contributed by atoms with E-state index in [9.17, 15) is 0 Å². The van der Waals surface area contributed by atoms with Gasteiger partial charge >= 0.3 is 0 Å². The van der Waals surface area contributed by atoms with Crippen molar-refractivity contribution in [1.29, 1.82) is 0 Å². The van der Waals surface area contributed by atoms with E-state index < -0.39 is 0 Å². The van der Waals surface area contributed by atoms with Crippen molar-refractivity contribution in [3.63, 3.8) is 0 Å². The number of hydrogen-bond donors (Lipinski definition) is 2. The smallest absolute Gasteiger partial charge is 0.193 e. The van der Waals surface area contributed by atoms with Gasteiger partial charge in [0, 0.05) is 17.3 Å². The van der Waals surface area contributed by atoms with E-state index in [4.69, 9.17) is 19.9 Å². The van der Waals surface area contributed by atoms with Gasteiger partial charge in [-0.3, -0.25) is 0 Å². The molecule has 7 heteroatoms. The molecule has 27 heavy (non-hydrogen) atoms. The largest absolute Gasteiger partial charge is 0.496 e. The number of benzene rings is 2. The Labute approximate surface area is 178 Å². The molecule has 6 nitrogen and oxygen atoms in total. The second kappa shape index (κ2) is 10.9. The highest BCUT2D eigenvalue weighted by atomic mass is 127. The van der Waals surface area contributed by atoms with Crippen molar-refractivity contribution in [2.75, 3.05) is 26.6 Å². The number of aliphatic imine (C=N–C) groups is 1. The molecule has 0 heterocycles. The van der Waals surface area contributed by atoms with Gasteiger partial charge in [-0.2, -0.15) is 0 Å². The van der Waals surface area contributed by atoms with Crippen LogP contribution in [0.15, 0.2) is 41.4 Å². The summed E-state index contributed by atoms with van der Waals surface area (Å²) in [4.78, 5) is 4.41. The molecule has 148 valence electrons. The fraction of sp³-hybridized carbons (Fsp3) is 0.350. The van der Waals surface area contributed by atoms with Crippen LogP contribution >= 0.6 is 24.0 Å². The Kier molecular flexibility index (Phi) is 9.20. The lowest BCUT2D eigenvalue weighted by Gasteiger charge is -2.13. The molecule has 0 saturated heterocycles. The Morgan fingerprint density at radius 3 is 2.22 bits per heavy atom. The van der Waals surface area contributed by atoms with Gasteiger partial charge in [-0.05, 0) is 29.7 Å². The number of ether oxygens (including phenoxy) is 3. The summed E-state index contributed by atoms with van der Waals surface area (Å²) in [6, 6.07) is 11.8. The number of anilines is 1. The van der Waals surface area contributed by atoms with Crippen LogP contribution < -0.4 is 25.3 Å². The summed E-state index contributed by atoms with van der Waals surface area (Å²) in [6.07, 6.45) is 0. The van der Waals surface area contributed by atoms with Crippen molar-refractivity contribution in [2.24, 2.45) is 10.7 Å². The summed E-state index contributed by atoms with van der Waals surface area (Å²) < 4.78 is 16.0. The highest BCUT2D eigenvalue weighted by Crippen LogP contribution is 2.34. The summed E-state index contributed by atoms with van der Waals surface area (Å²) in [5.74, 6) is 2.68. The Morgan fingerprint density at radius 2 is 1.63 bits per heavy atom. The van der Waals surface area contributed by atoms with Gasteiger partial charge in [0.15, 0.2) is 17.5 Å². The van der Waals surface area contributed by atoms with E-state index in [0.29, 0.717) is 35.7 Å². The third kappa shape index (κ3) is 6.20. The Bertz CT molecular complexity index is 779. The predicted octanol–water partition coefficient (Wildman–Crippen LogP) is 4.38. The number of hydrogen-bond acceptors (Lipinski definition) is 4. The first-order chi connectivity index (χ1) is 12.5. The van der Waals surface area contributed by atoms with Crippen LogP contribution in [0, 0.1) is 0 Å². The lowest BCUT2D eigenvalue weighted by molar-refractivity contribution is 0.347. The van der Waals surface area contributed by atoms with Gasteiger partial charge in [0.05, 0.1) is 27.9 Å². The van der Waals surface area contributed by atoms with Crippen LogP contribution in [0.2, 0.25) is 0 Å². The summed E-state index contributed by atoms with van der Waals surface area (Å²) in [6.45, 7) is 4.66. The van der Waals surface area contributed by atoms with Crippen LogP contribution in [0.1, 0.15) is 30.9 Å². The molecule has 0 bridgehead atoms. The van der Waals surface area contributed by atoms with E-state index in [-0.39, 0.29) is 24.0 Å². The van der Waals surface area contributed by atoms with Crippen LogP contribution in [0.3, 0.4) is 0 Å². The van der Waals surface area contributed by atoms with Crippen molar-refractivity contribution in [3.05, 3.63) is 47.5 Å².